The summed E-state index contributed by atoms with van der Waals surface area (Å²) in [7, 11) is 1.83. The maximum atomic E-state index is 12.9. The Kier molecular flexibility index (Phi) is 6.28. The van der Waals surface area contributed by atoms with Crippen molar-refractivity contribution in [2.45, 2.75) is 51.2 Å². The van der Waals surface area contributed by atoms with E-state index in [1.165, 1.54) is 0 Å². The molecule has 2 fully saturated rings. The number of imide groups is 1. The summed E-state index contributed by atoms with van der Waals surface area (Å²) in [4.78, 5) is 42.0. The number of hydrazine groups is 1. The molecule has 174 valence electrons. The van der Waals surface area contributed by atoms with Crippen LogP contribution in [0.15, 0.2) is 24.3 Å². The second-order valence-corrected chi connectivity index (χ2v) is 9.31. The lowest BCUT2D eigenvalue weighted by molar-refractivity contribution is -0.140. The molecule has 1 aromatic carbocycles. The van der Waals surface area contributed by atoms with Gasteiger partial charge in [-0.2, -0.15) is 5.01 Å². The van der Waals surface area contributed by atoms with E-state index in [2.05, 4.69) is 29.5 Å². The zero-order chi connectivity index (χ0) is 22.9. The van der Waals surface area contributed by atoms with Crippen molar-refractivity contribution in [2.75, 3.05) is 38.1 Å². The van der Waals surface area contributed by atoms with Gasteiger partial charge in [-0.15, -0.1) is 0 Å². The van der Waals surface area contributed by atoms with Gasteiger partial charge in [0.15, 0.2) is 0 Å². The van der Waals surface area contributed by atoms with Crippen molar-refractivity contribution in [2.24, 2.45) is 5.92 Å². The van der Waals surface area contributed by atoms with Crippen molar-refractivity contribution >= 4 is 23.5 Å². The van der Waals surface area contributed by atoms with Gasteiger partial charge in [-0.25, -0.2) is 4.79 Å². The number of likely N-dealkylation sites (N-methyl/N-ethyl adjacent to an activating group) is 2. The van der Waals surface area contributed by atoms with E-state index in [9.17, 15) is 14.4 Å². The predicted octanol–water partition coefficient (Wildman–Crippen LogP) is 1.74. The fraction of sp³-hybridized carbons (Fsp3) is 0.609. The third kappa shape index (κ3) is 4.39. The van der Waals surface area contributed by atoms with Gasteiger partial charge in [0.05, 0.1) is 18.8 Å². The lowest BCUT2D eigenvalue weighted by Crippen LogP contribution is -2.53. The van der Waals surface area contributed by atoms with E-state index in [-0.39, 0.29) is 18.6 Å². The number of fused-ring (bicyclic) bond motifs is 1. The van der Waals surface area contributed by atoms with Crippen LogP contribution in [0.5, 0.6) is 5.75 Å². The van der Waals surface area contributed by atoms with Crippen molar-refractivity contribution in [1.82, 2.24) is 20.7 Å². The molecule has 1 aromatic rings. The Morgan fingerprint density at radius 3 is 2.72 bits per heavy atom. The molecular weight excluding hydrogens is 410 g/mol. The topological polar surface area (TPSA) is 94.2 Å². The fourth-order valence-electron chi connectivity index (χ4n) is 4.91. The molecule has 32 heavy (non-hydrogen) atoms. The molecule has 0 bridgehead atoms. The predicted molar refractivity (Wildman–Crippen MR) is 120 cm³/mol. The Morgan fingerprint density at radius 2 is 2.00 bits per heavy atom. The average molecular weight is 444 g/mol. The molecule has 2 N–H and O–H groups in total. The Labute approximate surface area is 189 Å². The van der Waals surface area contributed by atoms with Crippen LogP contribution in [0.3, 0.4) is 0 Å². The molecule has 2 heterocycles. The summed E-state index contributed by atoms with van der Waals surface area (Å²) in [5.41, 5.74) is 2.72. The smallest absolute Gasteiger partial charge is 0.344 e. The lowest BCUT2D eigenvalue weighted by atomic mass is 9.77. The first-order valence-corrected chi connectivity index (χ1v) is 11.5. The summed E-state index contributed by atoms with van der Waals surface area (Å²) in [6, 6.07) is 7.39. The number of hydrogen-bond donors (Lipinski definition) is 2. The van der Waals surface area contributed by atoms with E-state index in [0.717, 1.165) is 42.4 Å². The van der Waals surface area contributed by atoms with E-state index in [4.69, 9.17) is 4.74 Å². The summed E-state index contributed by atoms with van der Waals surface area (Å²) in [5.74, 6) is 0.632. The van der Waals surface area contributed by atoms with Gasteiger partial charge in [0.25, 0.3) is 11.8 Å². The summed E-state index contributed by atoms with van der Waals surface area (Å²) >= 11 is 0. The quantitative estimate of drug-likeness (QED) is 0.651. The molecule has 1 saturated heterocycles. The summed E-state index contributed by atoms with van der Waals surface area (Å²) in [5, 5.41) is 3.68. The number of carbonyl (C=O) groups is 3. The van der Waals surface area contributed by atoms with Gasteiger partial charge in [-0.05, 0) is 57.7 Å². The van der Waals surface area contributed by atoms with E-state index in [0.29, 0.717) is 25.3 Å². The van der Waals surface area contributed by atoms with Crippen LogP contribution in [-0.4, -0.2) is 72.6 Å². The van der Waals surface area contributed by atoms with Crippen LogP contribution in [0.4, 0.5) is 10.5 Å². The van der Waals surface area contributed by atoms with Gasteiger partial charge in [0, 0.05) is 13.1 Å². The van der Waals surface area contributed by atoms with Gasteiger partial charge in [0.1, 0.15) is 17.4 Å². The van der Waals surface area contributed by atoms with Crippen molar-refractivity contribution < 1.29 is 19.1 Å². The summed E-state index contributed by atoms with van der Waals surface area (Å²) in [6.07, 6.45) is 2.90. The molecule has 2 aliphatic heterocycles. The third-order valence-electron chi connectivity index (χ3n) is 6.76. The molecule has 4 amide bonds. The maximum absolute atomic E-state index is 12.9. The van der Waals surface area contributed by atoms with Crippen LogP contribution in [0.1, 0.15) is 39.5 Å². The molecular formula is C23H33N5O4. The average Bonchev–Trinajstić information content (AvgIpc) is 2.99. The largest absolute Gasteiger partial charge is 0.485 e. The normalized spacial score (nSPS) is 27.4. The molecule has 1 aliphatic carbocycles. The van der Waals surface area contributed by atoms with Gasteiger partial charge < -0.3 is 15.0 Å². The van der Waals surface area contributed by atoms with Crippen LogP contribution >= 0.6 is 0 Å². The minimum Gasteiger partial charge on any atom is -0.485 e. The number of nitrogens with zero attached hydrogens (tertiary/aromatic N) is 3. The standard InChI is InChI=1S/C23H33N5O4/c1-4-27-14-17(32-19-8-6-5-7-18(19)27)13-26(3)15-20(29)25-28-21(30)23(24-22(28)31)11-9-16(2)10-12-23/h5-8,16-17H,4,9-15H2,1-3H3,(H,24,31)(H,25,29)/t16?,17-,23?/m0/s1. The van der Waals surface area contributed by atoms with Gasteiger partial charge in [-0.1, -0.05) is 19.1 Å². The molecule has 4 rings (SSSR count). The molecule has 1 saturated carbocycles. The van der Waals surface area contributed by atoms with E-state index < -0.39 is 17.5 Å². The van der Waals surface area contributed by atoms with Gasteiger partial charge in [0.2, 0.25) is 0 Å². The number of anilines is 1. The zero-order valence-electron chi connectivity index (χ0n) is 19.1. The lowest BCUT2D eigenvalue weighted by Gasteiger charge is -2.37. The Balaban J connectivity index is 1.31. The molecule has 1 atom stereocenters. The number of rotatable bonds is 6. The van der Waals surface area contributed by atoms with Gasteiger partial charge >= 0.3 is 6.03 Å². The molecule has 0 radical (unpaired) electrons. The molecule has 3 aliphatic rings. The number of amides is 4. The first-order valence-electron chi connectivity index (χ1n) is 11.5. The van der Waals surface area contributed by atoms with Crippen LogP contribution in [0, 0.1) is 5.92 Å². The number of benzene rings is 1. The highest BCUT2D eigenvalue weighted by Crippen LogP contribution is 2.36. The van der Waals surface area contributed by atoms with Crippen molar-refractivity contribution in [3.8, 4) is 5.75 Å². The molecule has 1 spiro atoms. The highest BCUT2D eigenvalue weighted by molar-refractivity contribution is 6.08. The summed E-state index contributed by atoms with van der Waals surface area (Å²) in [6.45, 7) is 6.45. The third-order valence-corrected chi connectivity index (χ3v) is 6.76. The number of carbonyl (C=O) groups excluding carboxylic acids is 3. The summed E-state index contributed by atoms with van der Waals surface area (Å²) < 4.78 is 6.12. The molecule has 9 heteroatoms. The van der Waals surface area contributed by atoms with Crippen LogP contribution < -0.4 is 20.4 Å². The van der Waals surface area contributed by atoms with Crippen LogP contribution in [0.2, 0.25) is 0 Å². The fourth-order valence-corrected chi connectivity index (χ4v) is 4.91. The number of para-hydroxylation sites is 2. The van der Waals surface area contributed by atoms with Crippen molar-refractivity contribution in [1.29, 1.82) is 0 Å². The Bertz CT molecular complexity index is 883. The molecule has 0 aromatic heterocycles. The maximum Gasteiger partial charge on any atom is 0.344 e. The van der Waals surface area contributed by atoms with E-state index in [1.54, 1.807) is 0 Å². The second-order valence-electron chi connectivity index (χ2n) is 9.31. The van der Waals surface area contributed by atoms with Crippen molar-refractivity contribution in [3.05, 3.63) is 24.3 Å². The minimum atomic E-state index is -0.865. The van der Waals surface area contributed by atoms with E-state index in [1.807, 2.05) is 36.2 Å². The van der Waals surface area contributed by atoms with Gasteiger partial charge in [-0.3, -0.25) is 19.9 Å². The Morgan fingerprint density at radius 1 is 1.28 bits per heavy atom. The first-order chi connectivity index (χ1) is 15.3. The molecule has 0 unspecified atom stereocenters. The SMILES string of the molecule is CCN1C[C@H](CN(C)CC(=O)NN2C(=O)NC3(CCC(C)CC3)C2=O)Oc2ccccc21. The number of hydrogen-bond acceptors (Lipinski definition) is 6. The highest BCUT2D eigenvalue weighted by Gasteiger charge is 2.52. The monoisotopic (exact) mass is 443 g/mol. The zero-order valence-corrected chi connectivity index (χ0v) is 19.1. The van der Waals surface area contributed by atoms with E-state index >= 15 is 0 Å². The van der Waals surface area contributed by atoms with Crippen molar-refractivity contribution in [3.63, 3.8) is 0 Å². The first kappa shape index (κ1) is 22.4. The number of urea groups is 1. The highest BCUT2D eigenvalue weighted by atomic mass is 16.5. The number of nitrogens with one attached hydrogen (secondary N) is 2. The van der Waals surface area contributed by atoms with Crippen LogP contribution in [0.25, 0.3) is 0 Å². The molecule has 9 nitrogen and oxygen atoms in total. The minimum absolute atomic E-state index is 0.0503. The Hall–Kier alpha value is -2.81. The second kappa shape index (κ2) is 8.97. The number of ether oxygens (including phenoxy) is 1. The van der Waals surface area contributed by atoms with Crippen LogP contribution in [-0.2, 0) is 9.59 Å².